The second-order valence-corrected chi connectivity index (χ2v) is 7.49. The molecule has 0 fully saturated rings. The fraction of sp³-hybridized carbons (Fsp3) is 0.333. The third-order valence-corrected chi connectivity index (χ3v) is 4.97. The summed E-state index contributed by atoms with van der Waals surface area (Å²) in [6.07, 6.45) is 4.92. The fourth-order valence-corrected chi connectivity index (χ4v) is 3.46. The van der Waals surface area contributed by atoms with Gasteiger partial charge in [0.05, 0.1) is 0 Å². The molecule has 0 amide bonds. The van der Waals surface area contributed by atoms with E-state index >= 15 is 0 Å². The van der Waals surface area contributed by atoms with Gasteiger partial charge in [0, 0.05) is 12.6 Å². The summed E-state index contributed by atoms with van der Waals surface area (Å²) in [6, 6.07) is 30.5. The number of fused-ring (bicyclic) bond motifs is 1. The van der Waals surface area contributed by atoms with Crippen molar-refractivity contribution in [1.29, 1.82) is 0 Å². The molecular formula is C27H36N2. The minimum Gasteiger partial charge on any atom is -0.331 e. The van der Waals surface area contributed by atoms with Crippen LogP contribution in [-0.4, -0.2) is 12.6 Å². The Kier molecular flexibility index (Phi) is 10.8. The molecule has 3 aromatic carbocycles. The topological polar surface area (TPSA) is 38.0 Å². The van der Waals surface area contributed by atoms with Gasteiger partial charge in [0.15, 0.2) is 0 Å². The summed E-state index contributed by atoms with van der Waals surface area (Å²) < 4.78 is 0. The van der Waals surface area contributed by atoms with Crippen LogP contribution < -0.4 is 11.1 Å². The highest BCUT2D eigenvalue weighted by molar-refractivity contribution is 5.29. The second-order valence-electron chi connectivity index (χ2n) is 7.49. The molecule has 1 aliphatic rings. The molecule has 0 saturated carbocycles. The van der Waals surface area contributed by atoms with Crippen LogP contribution in [0.1, 0.15) is 42.0 Å². The number of nitrogens with one attached hydrogen (secondary N) is 1. The molecule has 1 atom stereocenters. The summed E-state index contributed by atoms with van der Waals surface area (Å²) in [7, 11) is 0. The van der Waals surface area contributed by atoms with Gasteiger partial charge in [-0.3, -0.25) is 0 Å². The minimum absolute atomic E-state index is 0.651. The second kappa shape index (κ2) is 13.7. The van der Waals surface area contributed by atoms with Crippen LogP contribution in [0.25, 0.3) is 0 Å². The summed E-state index contributed by atoms with van der Waals surface area (Å²) in [5.74, 6) is 0. The summed E-state index contributed by atoms with van der Waals surface area (Å²) in [5.41, 5.74) is 10.6. The normalized spacial score (nSPS) is 14.5. The summed E-state index contributed by atoms with van der Waals surface area (Å²) in [5, 5.41) is 3.66. The quantitative estimate of drug-likeness (QED) is 0.603. The van der Waals surface area contributed by atoms with Gasteiger partial charge in [-0.15, -0.1) is 0 Å². The molecule has 1 heterocycles. The Morgan fingerprint density at radius 2 is 1.38 bits per heavy atom. The maximum absolute atomic E-state index is 4.85. The molecule has 2 nitrogen and oxygen atoms in total. The highest BCUT2D eigenvalue weighted by Crippen LogP contribution is 2.19. The molecule has 0 bridgehead atoms. The van der Waals surface area contributed by atoms with Crippen molar-refractivity contribution < 1.29 is 0 Å². The van der Waals surface area contributed by atoms with E-state index in [1.807, 2.05) is 25.1 Å². The van der Waals surface area contributed by atoms with Crippen LogP contribution in [0.3, 0.4) is 0 Å². The lowest BCUT2D eigenvalue weighted by atomic mass is 9.92. The van der Waals surface area contributed by atoms with E-state index in [0.717, 1.165) is 13.1 Å². The Labute approximate surface area is 177 Å². The molecule has 29 heavy (non-hydrogen) atoms. The monoisotopic (exact) mass is 388 g/mol. The molecule has 0 saturated heterocycles. The zero-order valence-electron chi connectivity index (χ0n) is 18.0. The predicted molar refractivity (Wildman–Crippen MR) is 126 cm³/mol. The standard InChI is InChI=1S/C18H21N.C7H8.C2H7N/c1-2-7-15(8-3-1)9-6-12-18-13-16-10-4-5-11-17(16)14-19-18;1-7-5-3-2-4-6-7;1-2-3/h1-5,7-8,10-11,18-19H,6,9,12-14H2;2-6H,1H3;2-3H2,1H3. The van der Waals surface area contributed by atoms with Gasteiger partial charge in [-0.25, -0.2) is 0 Å². The van der Waals surface area contributed by atoms with Crippen molar-refractivity contribution in [2.45, 2.75) is 52.1 Å². The van der Waals surface area contributed by atoms with Crippen LogP contribution in [0.4, 0.5) is 0 Å². The number of hydrogen-bond donors (Lipinski definition) is 2. The fourth-order valence-electron chi connectivity index (χ4n) is 3.46. The minimum atomic E-state index is 0.651. The Bertz CT molecular complexity index is 784. The molecule has 1 unspecified atom stereocenters. The summed E-state index contributed by atoms with van der Waals surface area (Å²) in [4.78, 5) is 0. The van der Waals surface area contributed by atoms with Crippen molar-refractivity contribution in [1.82, 2.24) is 5.32 Å². The molecule has 154 valence electrons. The van der Waals surface area contributed by atoms with Crippen LogP contribution in [0.15, 0.2) is 84.9 Å². The molecule has 3 aromatic rings. The van der Waals surface area contributed by atoms with Crippen molar-refractivity contribution in [2.24, 2.45) is 5.73 Å². The smallest absolute Gasteiger partial charge is 0.0210 e. The van der Waals surface area contributed by atoms with Crippen molar-refractivity contribution in [3.05, 3.63) is 107 Å². The van der Waals surface area contributed by atoms with Crippen LogP contribution in [0.5, 0.6) is 0 Å². The zero-order chi connectivity index (χ0) is 20.7. The van der Waals surface area contributed by atoms with Crippen molar-refractivity contribution in [2.75, 3.05) is 6.54 Å². The molecule has 1 aliphatic heterocycles. The molecule has 4 rings (SSSR count). The number of benzene rings is 3. The van der Waals surface area contributed by atoms with E-state index in [1.165, 1.54) is 47.9 Å². The largest absolute Gasteiger partial charge is 0.331 e. The van der Waals surface area contributed by atoms with Crippen molar-refractivity contribution in [3.8, 4) is 0 Å². The third-order valence-electron chi connectivity index (χ3n) is 4.97. The number of rotatable bonds is 4. The lowest BCUT2D eigenvalue weighted by molar-refractivity contribution is 0.441. The van der Waals surface area contributed by atoms with E-state index in [1.54, 1.807) is 0 Å². The van der Waals surface area contributed by atoms with E-state index < -0.39 is 0 Å². The van der Waals surface area contributed by atoms with Crippen LogP contribution >= 0.6 is 0 Å². The summed E-state index contributed by atoms with van der Waals surface area (Å²) >= 11 is 0. The zero-order valence-corrected chi connectivity index (χ0v) is 18.0. The van der Waals surface area contributed by atoms with Crippen LogP contribution in [-0.2, 0) is 19.4 Å². The van der Waals surface area contributed by atoms with Gasteiger partial charge >= 0.3 is 0 Å². The molecule has 0 spiro atoms. The highest BCUT2D eigenvalue weighted by Gasteiger charge is 2.16. The van der Waals surface area contributed by atoms with Crippen molar-refractivity contribution in [3.63, 3.8) is 0 Å². The van der Waals surface area contributed by atoms with E-state index in [9.17, 15) is 0 Å². The van der Waals surface area contributed by atoms with Crippen LogP contribution in [0, 0.1) is 6.92 Å². The van der Waals surface area contributed by atoms with Crippen molar-refractivity contribution >= 4 is 0 Å². The molecule has 0 aromatic heterocycles. The average molecular weight is 389 g/mol. The van der Waals surface area contributed by atoms with Gasteiger partial charge in [-0.05, 0) is 55.8 Å². The van der Waals surface area contributed by atoms with Gasteiger partial charge in [0.2, 0.25) is 0 Å². The van der Waals surface area contributed by atoms with Gasteiger partial charge in [0.1, 0.15) is 0 Å². The molecule has 2 heteroatoms. The van der Waals surface area contributed by atoms with E-state index in [2.05, 4.69) is 79.0 Å². The number of nitrogens with two attached hydrogens (primary N) is 1. The number of aryl methyl sites for hydroxylation is 2. The average Bonchev–Trinajstić information content (AvgIpc) is 2.76. The van der Waals surface area contributed by atoms with Gasteiger partial charge in [-0.2, -0.15) is 0 Å². The third kappa shape index (κ3) is 9.08. The van der Waals surface area contributed by atoms with E-state index in [4.69, 9.17) is 5.73 Å². The van der Waals surface area contributed by atoms with Gasteiger partial charge < -0.3 is 11.1 Å². The van der Waals surface area contributed by atoms with E-state index in [0.29, 0.717) is 6.04 Å². The maximum atomic E-state index is 4.85. The Balaban J connectivity index is 0.000000250. The molecular weight excluding hydrogens is 352 g/mol. The molecule has 0 aliphatic carbocycles. The van der Waals surface area contributed by atoms with Gasteiger partial charge in [-0.1, -0.05) is 97.4 Å². The Morgan fingerprint density at radius 3 is 1.97 bits per heavy atom. The SMILES string of the molecule is CCN.Cc1ccccc1.c1ccc(CCCC2Cc3ccccc3CN2)cc1. The number of hydrogen-bond acceptors (Lipinski definition) is 2. The Hall–Kier alpha value is -2.42. The first-order chi connectivity index (χ1) is 14.2. The Morgan fingerprint density at radius 1 is 0.828 bits per heavy atom. The highest BCUT2D eigenvalue weighted by atomic mass is 14.9. The summed E-state index contributed by atoms with van der Waals surface area (Å²) in [6.45, 7) is 5.77. The molecule has 3 N–H and O–H groups in total. The molecule has 0 radical (unpaired) electrons. The first kappa shape index (κ1) is 22.9. The first-order valence-corrected chi connectivity index (χ1v) is 10.8. The van der Waals surface area contributed by atoms with Gasteiger partial charge in [0.25, 0.3) is 0 Å². The first-order valence-electron chi connectivity index (χ1n) is 10.8. The van der Waals surface area contributed by atoms with Crippen LogP contribution in [0.2, 0.25) is 0 Å². The lowest BCUT2D eigenvalue weighted by Gasteiger charge is -2.26. The maximum Gasteiger partial charge on any atom is 0.0210 e. The van der Waals surface area contributed by atoms with E-state index in [-0.39, 0.29) is 0 Å². The predicted octanol–water partition coefficient (Wildman–Crippen LogP) is 5.68. The lowest BCUT2D eigenvalue weighted by Crippen LogP contribution is -2.35.